The van der Waals surface area contributed by atoms with Crippen LogP contribution >= 0.6 is 0 Å². The first-order chi connectivity index (χ1) is 8.58. The first-order valence-corrected chi connectivity index (χ1v) is 5.40. The molecule has 0 saturated heterocycles. The molecular formula is C12H12N4O2. The summed E-state index contributed by atoms with van der Waals surface area (Å²) in [7, 11) is 0. The van der Waals surface area contributed by atoms with Gasteiger partial charge in [0.2, 0.25) is 0 Å². The minimum atomic E-state index is -0.892. The Morgan fingerprint density at radius 1 is 1.22 bits per heavy atom. The van der Waals surface area contributed by atoms with Crippen LogP contribution in [0.2, 0.25) is 0 Å². The van der Waals surface area contributed by atoms with Gasteiger partial charge in [0, 0.05) is 29.3 Å². The number of rotatable bonds is 3. The molecule has 0 spiro atoms. The Hall–Kier alpha value is -2.37. The Balaban J connectivity index is 2.46. The SMILES string of the molecule is Cc1nc(-c2cnccn2)nc(C)c1CC(=O)O. The number of carboxylic acids is 1. The fourth-order valence-corrected chi connectivity index (χ4v) is 1.68. The van der Waals surface area contributed by atoms with E-state index in [2.05, 4.69) is 19.9 Å². The summed E-state index contributed by atoms with van der Waals surface area (Å²) in [6.45, 7) is 3.54. The number of carbonyl (C=O) groups is 1. The lowest BCUT2D eigenvalue weighted by molar-refractivity contribution is -0.136. The normalized spacial score (nSPS) is 10.3. The Morgan fingerprint density at radius 2 is 1.89 bits per heavy atom. The van der Waals surface area contributed by atoms with Gasteiger partial charge in [-0.05, 0) is 13.8 Å². The number of hydrogen-bond acceptors (Lipinski definition) is 5. The van der Waals surface area contributed by atoms with Gasteiger partial charge in [0.25, 0.3) is 0 Å². The fraction of sp³-hybridized carbons (Fsp3) is 0.250. The van der Waals surface area contributed by atoms with Crippen LogP contribution < -0.4 is 0 Å². The lowest BCUT2D eigenvalue weighted by Crippen LogP contribution is -2.08. The van der Waals surface area contributed by atoms with Gasteiger partial charge in [-0.3, -0.25) is 9.78 Å². The van der Waals surface area contributed by atoms with Crippen LogP contribution in [0.5, 0.6) is 0 Å². The minimum absolute atomic E-state index is 0.0710. The Morgan fingerprint density at radius 3 is 2.39 bits per heavy atom. The molecule has 0 radical (unpaired) electrons. The molecule has 0 aliphatic heterocycles. The maximum atomic E-state index is 10.8. The molecule has 2 aromatic rings. The van der Waals surface area contributed by atoms with Gasteiger partial charge >= 0.3 is 5.97 Å². The smallest absolute Gasteiger partial charge is 0.307 e. The van der Waals surface area contributed by atoms with Gasteiger partial charge in [-0.25, -0.2) is 15.0 Å². The number of nitrogens with zero attached hydrogens (tertiary/aromatic N) is 4. The molecule has 0 bridgehead atoms. The second-order valence-corrected chi connectivity index (χ2v) is 3.86. The van der Waals surface area contributed by atoms with Crippen molar-refractivity contribution in [2.75, 3.05) is 0 Å². The zero-order chi connectivity index (χ0) is 13.1. The topological polar surface area (TPSA) is 88.9 Å². The van der Waals surface area contributed by atoms with Crippen LogP contribution in [0.15, 0.2) is 18.6 Å². The maximum Gasteiger partial charge on any atom is 0.307 e. The van der Waals surface area contributed by atoms with Crippen molar-refractivity contribution >= 4 is 5.97 Å². The van der Waals surface area contributed by atoms with Crippen LogP contribution in [0.4, 0.5) is 0 Å². The average Bonchev–Trinajstić information content (AvgIpc) is 2.34. The monoisotopic (exact) mass is 244 g/mol. The third-order valence-electron chi connectivity index (χ3n) is 2.54. The van der Waals surface area contributed by atoms with E-state index in [1.807, 2.05) is 0 Å². The summed E-state index contributed by atoms with van der Waals surface area (Å²) in [6.07, 6.45) is 4.64. The zero-order valence-corrected chi connectivity index (χ0v) is 10.1. The molecule has 6 heteroatoms. The van der Waals surface area contributed by atoms with E-state index in [0.29, 0.717) is 28.5 Å². The summed E-state index contributed by atoms with van der Waals surface area (Å²) in [4.78, 5) is 27.4. The number of hydrogen-bond donors (Lipinski definition) is 1. The highest BCUT2D eigenvalue weighted by molar-refractivity contribution is 5.71. The van der Waals surface area contributed by atoms with Crippen molar-refractivity contribution in [2.24, 2.45) is 0 Å². The second kappa shape index (κ2) is 4.87. The van der Waals surface area contributed by atoms with Gasteiger partial charge in [0.15, 0.2) is 5.82 Å². The van der Waals surface area contributed by atoms with Crippen LogP contribution in [-0.2, 0) is 11.2 Å². The summed E-state index contributed by atoms with van der Waals surface area (Å²) in [5, 5.41) is 8.82. The first-order valence-electron chi connectivity index (χ1n) is 5.40. The highest BCUT2D eigenvalue weighted by atomic mass is 16.4. The fourth-order valence-electron chi connectivity index (χ4n) is 1.68. The summed E-state index contributed by atoms with van der Waals surface area (Å²) >= 11 is 0. The van der Waals surface area contributed by atoms with E-state index in [9.17, 15) is 4.79 Å². The van der Waals surface area contributed by atoms with Gasteiger partial charge in [-0.1, -0.05) is 0 Å². The number of aryl methyl sites for hydroxylation is 2. The van der Waals surface area contributed by atoms with E-state index in [1.165, 1.54) is 0 Å². The average molecular weight is 244 g/mol. The van der Waals surface area contributed by atoms with Crippen LogP contribution in [0.3, 0.4) is 0 Å². The van der Waals surface area contributed by atoms with Crippen LogP contribution in [0.1, 0.15) is 17.0 Å². The summed E-state index contributed by atoms with van der Waals surface area (Å²) in [5.41, 5.74) is 2.54. The Bertz CT molecular complexity index is 561. The van der Waals surface area contributed by atoms with E-state index in [4.69, 9.17) is 5.11 Å². The Kier molecular flexibility index (Phi) is 3.27. The van der Waals surface area contributed by atoms with Crippen LogP contribution in [0, 0.1) is 13.8 Å². The minimum Gasteiger partial charge on any atom is -0.481 e. The molecule has 6 nitrogen and oxygen atoms in total. The zero-order valence-electron chi connectivity index (χ0n) is 10.1. The van der Waals surface area contributed by atoms with E-state index in [0.717, 1.165) is 0 Å². The van der Waals surface area contributed by atoms with Gasteiger partial charge in [-0.15, -0.1) is 0 Å². The molecule has 2 heterocycles. The number of carboxylic acid groups (broad SMARTS) is 1. The standard InChI is InChI=1S/C12H12N4O2/c1-7-9(5-11(17)18)8(2)16-12(15-7)10-6-13-3-4-14-10/h3-4,6H,5H2,1-2H3,(H,17,18). The van der Waals surface area contributed by atoms with Gasteiger partial charge in [0.05, 0.1) is 12.6 Å². The molecule has 0 atom stereocenters. The molecule has 0 aliphatic rings. The van der Waals surface area contributed by atoms with Gasteiger partial charge < -0.3 is 5.11 Å². The Labute approximate surface area is 104 Å². The molecule has 0 unspecified atom stereocenters. The molecular weight excluding hydrogens is 232 g/mol. The van der Waals surface area contributed by atoms with Gasteiger partial charge in [0.1, 0.15) is 5.69 Å². The lowest BCUT2D eigenvalue weighted by atomic mass is 10.1. The van der Waals surface area contributed by atoms with Crippen LogP contribution in [0.25, 0.3) is 11.5 Å². The van der Waals surface area contributed by atoms with E-state index in [1.54, 1.807) is 32.4 Å². The molecule has 0 aliphatic carbocycles. The van der Waals surface area contributed by atoms with Crippen LogP contribution in [-0.4, -0.2) is 31.0 Å². The number of aliphatic carboxylic acids is 1. The highest BCUT2D eigenvalue weighted by Gasteiger charge is 2.13. The molecule has 18 heavy (non-hydrogen) atoms. The molecule has 92 valence electrons. The van der Waals surface area contributed by atoms with E-state index in [-0.39, 0.29) is 6.42 Å². The van der Waals surface area contributed by atoms with E-state index < -0.39 is 5.97 Å². The summed E-state index contributed by atoms with van der Waals surface area (Å²) in [6, 6.07) is 0. The van der Waals surface area contributed by atoms with Crippen molar-refractivity contribution in [3.05, 3.63) is 35.5 Å². The van der Waals surface area contributed by atoms with Crippen molar-refractivity contribution in [2.45, 2.75) is 20.3 Å². The van der Waals surface area contributed by atoms with E-state index >= 15 is 0 Å². The van der Waals surface area contributed by atoms with Gasteiger partial charge in [-0.2, -0.15) is 0 Å². The largest absolute Gasteiger partial charge is 0.481 e. The third kappa shape index (κ3) is 2.48. The predicted molar refractivity (Wildman–Crippen MR) is 63.9 cm³/mol. The third-order valence-corrected chi connectivity index (χ3v) is 2.54. The maximum absolute atomic E-state index is 10.8. The molecule has 2 rings (SSSR count). The number of aromatic nitrogens is 4. The summed E-state index contributed by atoms with van der Waals surface area (Å²) in [5.74, 6) is -0.427. The van der Waals surface area contributed by atoms with Crippen molar-refractivity contribution in [1.82, 2.24) is 19.9 Å². The molecule has 0 fully saturated rings. The molecule has 1 N–H and O–H groups in total. The molecule has 0 amide bonds. The molecule has 0 saturated carbocycles. The predicted octanol–water partition coefficient (Wildman–Crippen LogP) is 1.18. The molecule has 0 aromatic carbocycles. The second-order valence-electron chi connectivity index (χ2n) is 3.86. The summed E-state index contributed by atoms with van der Waals surface area (Å²) < 4.78 is 0. The van der Waals surface area contributed by atoms with Crippen molar-refractivity contribution < 1.29 is 9.90 Å². The highest BCUT2D eigenvalue weighted by Crippen LogP contribution is 2.16. The van der Waals surface area contributed by atoms with Crippen molar-refractivity contribution in [1.29, 1.82) is 0 Å². The quantitative estimate of drug-likeness (QED) is 0.872. The van der Waals surface area contributed by atoms with Crippen molar-refractivity contribution in [3.63, 3.8) is 0 Å². The molecule has 2 aromatic heterocycles. The van der Waals surface area contributed by atoms with Crippen molar-refractivity contribution in [3.8, 4) is 11.5 Å². The lowest BCUT2D eigenvalue weighted by Gasteiger charge is -2.08. The first kappa shape index (κ1) is 12.1.